The minimum absolute atomic E-state index is 0.775. The molecule has 0 saturated carbocycles. The molecule has 1 N–H and O–H groups in total. The van der Waals surface area contributed by atoms with Gasteiger partial charge in [-0.3, -0.25) is 10.4 Å². The number of hydrazone groups is 1. The average molecular weight is 408 g/mol. The highest BCUT2D eigenvalue weighted by Crippen LogP contribution is 2.30. The number of hydrogen-bond acceptors (Lipinski definition) is 6. The first-order valence-electron chi connectivity index (χ1n) is 9.47. The Balaban J connectivity index is 1.36. The fourth-order valence-electron chi connectivity index (χ4n) is 3.17. The Labute approximate surface area is 177 Å². The van der Waals surface area contributed by atoms with Gasteiger partial charge in [0.1, 0.15) is 5.01 Å². The van der Waals surface area contributed by atoms with Crippen LogP contribution >= 0.6 is 11.3 Å². The number of thiazole rings is 1. The molecule has 6 heteroatoms. The molecule has 0 saturated heterocycles. The Hall–Kier alpha value is -3.90. The third-order valence-electron chi connectivity index (χ3n) is 4.61. The molecule has 0 amide bonds. The molecule has 5 rings (SSSR count). The van der Waals surface area contributed by atoms with Gasteiger partial charge in [0.25, 0.3) is 0 Å². The first-order chi connectivity index (χ1) is 14.9. The molecule has 2 aromatic carbocycles. The Morgan fingerprint density at radius 1 is 0.867 bits per heavy atom. The molecular weight excluding hydrogens is 390 g/mol. The Morgan fingerprint density at radius 2 is 1.77 bits per heavy atom. The number of rotatable bonds is 5. The van der Waals surface area contributed by atoms with Crippen molar-refractivity contribution in [2.45, 2.75) is 0 Å². The second kappa shape index (κ2) is 8.23. The van der Waals surface area contributed by atoms with E-state index in [0.29, 0.717) is 0 Å². The summed E-state index contributed by atoms with van der Waals surface area (Å²) < 4.78 is 0. The summed E-state index contributed by atoms with van der Waals surface area (Å²) in [5, 5.41) is 7.62. The lowest BCUT2D eigenvalue weighted by Gasteiger charge is -2.05. The highest BCUT2D eigenvalue weighted by molar-refractivity contribution is 7.18. The van der Waals surface area contributed by atoms with E-state index >= 15 is 0 Å². The van der Waals surface area contributed by atoms with Crippen LogP contribution in [0.5, 0.6) is 0 Å². The summed E-state index contributed by atoms with van der Waals surface area (Å²) in [7, 11) is 0. The largest absolute Gasteiger partial charge is 0.278 e. The minimum Gasteiger partial charge on any atom is -0.278 e. The van der Waals surface area contributed by atoms with Gasteiger partial charge in [-0.1, -0.05) is 42.5 Å². The summed E-state index contributed by atoms with van der Waals surface area (Å²) in [6.07, 6.45) is 7.16. The van der Waals surface area contributed by atoms with Gasteiger partial charge in [0.05, 0.1) is 28.2 Å². The normalized spacial score (nSPS) is 11.2. The third-order valence-corrected chi connectivity index (χ3v) is 5.68. The molecular formula is C24H17N5S. The highest BCUT2D eigenvalue weighted by Gasteiger charge is 2.08. The van der Waals surface area contributed by atoms with E-state index in [4.69, 9.17) is 4.98 Å². The van der Waals surface area contributed by atoms with Crippen molar-refractivity contribution in [2.75, 3.05) is 5.43 Å². The number of nitrogens with one attached hydrogen (secondary N) is 1. The van der Waals surface area contributed by atoms with Crippen molar-refractivity contribution >= 4 is 34.0 Å². The van der Waals surface area contributed by atoms with E-state index in [1.165, 1.54) is 5.39 Å². The number of benzene rings is 2. The van der Waals surface area contributed by atoms with E-state index < -0.39 is 0 Å². The molecule has 0 unspecified atom stereocenters. The standard InChI is InChI=1S/C24H17N5S/c1-2-10-20-17(6-1)7-3-11-21(20)29-27-15-19-9-4-12-22(28-19)23-16-26-24(30-23)18-8-5-13-25-14-18/h1-16,29H/b27-15+. The zero-order valence-electron chi connectivity index (χ0n) is 15.9. The molecule has 5 nitrogen and oxygen atoms in total. The summed E-state index contributed by atoms with van der Waals surface area (Å²) in [5.41, 5.74) is 6.75. The number of pyridine rings is 2. The van der Waals surface area contributed by atoms with Crippen molar-refractivity contribution < 1.29 is 0 Å². The summed E-state index contributed by atoms with van der Waals surface area (Å²) in [6.45, 7) is 0. The summed E-state index contributed by atoms with van der Waals surface area (Å²) in [6, 6.07) is 24.1. The second-order valence-electron chi connectivity index (χ2n) is 6.62. The Kier molecular flexibility index (Phi) is 4.98. The van der Waals surface area contributed by atoms with Crippen molar-refractivity contribution in [2.24, 2.45) is 5.10 Å². The van der Waals surface area contributed by atoms with Crippen LogP contribution in [0.2, 0.25) is 0 Å². The molecule has 0 aliphatic rings. The minimum atomic E-state index is 0.775. The molecule has 0 aliphatic heterocycles. The topological polar surface area (TPSA) is 63.1 Å². The van der Waals surface area contributed by atoms with E-state index in [2.05, 4.69) is 38.7 Å². The van der Waals surface area contributed by atoms with Crippen LogP contribution in [-0.2, 0) is 0 Å². The van der Waals surface area contributed by atoms with Crippen molar-refractivity contribution in [3.05, 3.63) is 97.1 Å². The lowest BCUT2D eigenvalue weighted by atomic mass is 10.1. The second-order valence-corrected chi connectivity index (χ2v) is 7.65. The van der Waals surface area contributed by atoms with Crippen molar-refractivity contribution in [3.63, 3.8) is 0 Å². The van der Waals surface area contributed by atoms with Gasteiger partial charge in [0.2, 0.25) is 0 Å². The van der Waals surface area contributed by atoms with Gasteiger partial charge in [-0.05, 0) is 35.7 Å². The molecule has 30 heavy (non-hydrogen) atoms. The van der Waals surface area contributed by atoms with E-state index in [1.54, 1.807) is 23.7 Å². The monoisotopic (exact) mass is 407 g/mol. The summed E-state index contributed by atoms with van der Waals surface area (Å²) in [4.78, 5) is 14.4. The number of aromatic nitrogens is 3. The molecule has 0 fully saturated rings. The zero-order valence-corrected chi connectivity index (χ0v) is 16.8. The summed E-state index contributed by atoms with van der Waals surface area (Å²) >= 11 is 1.60. The van der Waals surface area contributed by atoms with Crippen LogP contribution in [0.15, 0.2) is 96.5 Å². The molecule has 0 spiro atoms. The number of nitrogens with zero attached hydrogens (tertiary/aromatic N) is 4. The molecule has 0 bridgehead atoms. The maximum Gasteiger partial charge on any atom is 0.125 e. The van der Waals surface area contributed by atoms with Crippen LogP contribution < -0.4 is 5.43 Å². The van der Waals surface area contributed by atoms with Gasteiger partial charge < -0.3 is 0 Å². The first kappa shape index (κ1) is 18.1. The molecule has 0 radical (unpaired) electrons. The molecule has 5 aromatic rings. The van der Waals surface area contributed by atoms with Crippen LogP contribution in [0, 0.1) is 0 Å². The van der Waals surface area contributed by atoms with Gasteiger partial charge in [-0.25, -0.2) is 9.97 Å². The third kappa shape index (κ3) is 3.81. The fraction of sp³-hybridized carbons (Fsp3) is 0. The van der Waals surface area contributed by atoms with E-state index in [9.17, 15) is 0 Å². The molecule has 3 aromatic heterocycles. The van der Waals surface area contributed by atoms with Crippen LogP contribution in [0.3, 0.4) is 0 Å². The van der Waals surface area contributed by atoms with E-state index in [0.717, 1.165) is 37.9 Å². The number of fused-ring (bicyclic) bond motifs is 1. The maximum absolute atomic E-state index is 4.71. The van der Waals surface area contributed by atoms with Gasteiger partial charge in [0.15, 0.2) is 0 Å². The Morgan fingerprint density at radius 3 is 2.70 bits per heavy atom. The highest BCUT2D eigenvalue weighted by atomic mass is 32.1. The van der Waals surface area contributed by atoms with Crippen LogP contribution in [0.25, 0.3) is 31.9 Å². The number of anilines is 1. The SMILES string of the molecule is C(=N\Nc1cccc2ccccc12)/c1cccc(-c2cnc(-c3cccnc3)s2)n1. The number of hydrogen-bond donors (Lipinski definition) is 1. The Bertz CT molecular complexity index is 1320. The smallest absolute Gasteiger partial charge is 0.125 e. The molecule has 0 atom stereocenters. The fourth-order valence-corrected chi connectivity index (χ4v) is 4.04. The van der Waals surface area contributed by atoms with Crippen molar-refractivity contribution in [1.82, 2.24) is 15.0 Å². The summed E-state index contributed by atoms with van der Waals surface area (Å²) in [5.74, 6) is 0. The van der Waals surface area contributed by atoms with Crippen LogP contribution in [0.4, 0.5) is 5.69 Å². The molecule has 144 valence electrons. The van der Waals surface area contributed by atoms with Crippen LogP contribution in [-0.4, -0.2) is 21.2 Å². The van der Waals surface area contributed by atoms with Crippen molar-refractivity contribution in [1.29, 1.82) is 0 Å². The van der Waals surface area contributed by atoms with Gasteiger partial charge in [-0.2, -0.15) is 5.10 Å². The van der Waals surface area contributed by atoms with Crippen LogP contribution in [0.1, 0.15) is 5.69 Å². The predicted octanol–water partition coefficient (Wildman–Crippen LogP) is 5.87. The maximum atomic E-state index is 4.71. The van der Waals surface area contributed by atoms with E-state index in [-0.39, 0.29) is 0 Å². The lowest BCUT2D eigenvalue weighted by molar-refractivity contribution is 1.28. The predicted molar refractivity (Wildman–Crippen MR) is 124 cm³/mol. The first-order valence-corrected chi connectivity index (χ1v) is 10.3. The van der Waals surface area contributed by atoms with Gasteiger partial charge in [-0.15, -0.1) is 11.3 Å². The van der Waals surface area contributed by atoms with Gasteiger partial charge >= 0.3 is 0 Å². The quantitative estimate of drug-likeness (QED) is 0.292. The van der Waals surface area contributed by atoms with Gasteiger partial charge in [0, 0.05) is 29.5 Å². The molecule has 0 aliphatic carbocycles. The van der Waals surface area contributed by atoms with Crippen molar-refractivity contribution in [3.8, 4) is 21.1 Å². The average Bonchev–Trinajstić information content (AvgIpc) is 3.31. The molecule has 3 heterocycles. The lowest BCUT2D eigenvalue weighted by Crippen LogP contribution is -1.94. The van der Waals surface area contributed by atoms with E-state index in [1.807, 2.05) is 67.0 Å². The zero-order chi connectivity index (χ0) is 20.2.